The van der Waals surface area contributed by atoms with E-state index in [9.17, 15) is 4.79 Å². The lowest BCUT2D eigenvalue weighted by atomic mass is 10.1. The van der Waals surface area contributed by atoms with E-state index in [1.807, 2.05) is 20.9 Å². The van der Waals surface area contributed by atoms with Crippen molar-refractivity contribution in [1.82, 2.24) is 20.0 Å². The first-order valence-electron chi connectivity index (χ1n) is 7.12. The molecule has 20 heavy (non-hydrogen) atoms. The van der Waals surface area contributed by atoms with Gasteiger partial charge in [0.15, 0.2) is 0 Å². The van der Waals surface area contributed by atoms with Crippen molar-refractivity contribution in [2.24, 2.45) is 0 Å². The number of rotatable bonds is 5. The third-order valence-electron chi connectivity index (χ3n) is 3.87. The highest BCUT2D eigenvalue weighted by atomic mass is 16.5. The number of ether oxygens (including phenoxy) is 1. The summed E-state index contributed by atoms with van der Waals surface area (Å²) < 4.78 is 5.29. The number of aromatic amines is 1. The molecule has 1 aromatic heterocycles. The number of morpholine rings is 1. The summed E-state index contributed by atoms with van der Waals surface area (Å²) in [5.74, 6) is 0.172. The van der Waals surface area contributed by atoms with Crippen molar-refractivity contribution < 1.29 is 9.53 Å². The molecule has 1 aliphatic heterocycles. The zero-order valence-electron chi connectivity index (χ0n) is 12.6. The van der Waals surface area contributed by atoms with E-state index in [4.69, 9.17) is 4.74 Å². The van der Waals surface area contributed by atoms with Gasteiger partial charge in [-0.05, 0) is 25.8 Å². The Balaban J connectivity index is 1.79. The van der Waals surface area contributed by atoms with Gasteiger partial charge >= 0.3 is 0 Å². The summed E-state index contributed by atoms with van der Waals surface area (Å²) in [6, 6.07) is 0. The fourth-order valence-corrected chi connectivity index (χ4v) is 2.42. The van der Waals surface area contributed by atoms with Crippen LogP contribution in [-0.2, 0) is 16.0 Å². The summed E-state index contributed by atoms with van der Waals surface area (Å²) in [6.45, 7) is 8.38. The molecule has 0 saturated carbocycles. The zero-order chi connectivity index (χ0) is 14.5. The molecule has 1 amide bonds. The highest BCUT2D eigenvalue weighted by molar-refractivity contribution is 5.78. The Hall–Kier alpha value is -1.40. The lowest BCUT2D eigenvalue weighted by Gasteiger charge is -2.28. The monoisotopic (exact) mass is 280 g/mol. The number of likely N-dealkylation sites (N-methyl/N-ethyl adjacent to an activating group) is 1. The van der Waals surface area contributed by atoms with Gasteiger partial charge in [0.1, 0.15) is 0 Å². The molecule has 1 aliphatic rings. The SMILES string of the molecule is Cc1n[nH]c(C)c1CCN(C)C(=O)CN1CCOCC1. The van der Waals surface area contributed by atoms with Crippen LogP contribution in [0.1, 0.15) is 17.0 Å². The average molecular weight is 280 g/mol. The van der Waals surface area contributed by atoms with Gasteiger partial charge in [-0.15, -0.1) is 0 Å². The summed E-state index contributed by atoms with van der Waals surface area (Å²) in [6.07, 6.45) is 0.847. The molecular formula is C14H24N4O2. The first kappa shape index (κ1) is 15.0. The predicted molar refractivity (Wildman–Crippen MR) is 76.7 cm³/mol. The van der Waals surface area contributed by atoms with Gasteiger partial charge in [-0.3, -0.25) is 14.8 Å². The van der Waals surface area contributed by atoms with E-state index >= 15 is 0 Å². The lowest BCUT2D eigenvalue weighted by Crippen LogP contribution is -2.44. The molecule has 1 N–H and O–H groups in total. The number of aromatic nitrogens is 2. The number of hydrogen-bond donors (Lipinski definition) is 1. The number of nitrogens with zero attached hydrogens (tertiary/aromatic N) is 3. The van der Waals surface area contributed by atoms with Gasteiger partial charge in [0.05, 0.1) is 25.5 Å². The van der Waals surface area contributed by atoms with Crippen LogP contribution in [0.2, 0.25) is 0 Å². The number of hydrogen-bond acceptors (Lipinski definition) is 4. The van der Waals surface area contributed by atoms with Crippen molar-refractivity contribution >= 4 is 5.91 Å². The molecule has 1 saturated heterocycles. The fraction of sp³-hybridized carbons (Fsp3) is 0.714. The van der Waals surface area contributed by atoms with E-state index in [2.05, 4.69) is 15.1 Å². The standard InChI is InChI=1S/C14H24N4O2/c1-11-13(12(2)16-15-11)4-5-17(3)14(19)10-18-6-8-20-9-7-18/h4-10H2,1-3H3,(H,15,16). The van der Waals surface area contributed by atoms with Crippen molar-refractivity contribution in [3.8, 4) is 0 Å². The minimum absolute atomic E-state index is 0.172. The van der Waals surface area contributed by atoms with Crippen molar-refractivity contribution in [3.63, 3.8) is 0 Å². The molecule has 1 aromatic rings. The molecule has 112 valence electrons. The lowest BCUT2D eigenvalue weighted by molar-refractivity contribution is -0.132. The molecule has 2 rings (SSSR count). The molecule has 2 heterocycles. The number of nitrogens with one attached hydrogen (secondary N) is 1. The topological polar surface area (TPSA) is 61.5 Å². The zero-order valence-corrected chi connectivity index (χ0v) is 12.6. The van der Waals surface area contributed by atoms with E-state index in [0.717, 1.165) is 50.7 Å². The Morgan fingerprint density at radius 2 is 2.10 bits per heavy atom. The van der Waals surface area contributed by atoms with Gasteiger partial charge in [0.2, 0.25) is 5.91 Å². The third kappa shape index (κ3) is 3.80. The molecule has 0 radical (unpaired) electrons. The Morgan fingerprint density at radius 3 is 2.70 bits per heavy atom. The van der Waals surface area contributed by atoms with Crippen LogP contribution in [0.4, 0.5) is 0 Å². The van der Waals surface area contributed by atoms with Crippen LogP contribution in [-0.4, -0.2) is 72.3 Å². The van der Waals surface area contributed by atoms with Gasteiger partial charge < -0.3 is 9.64 Å². The second-order valence-electron chi connectivity index (χ2n) is 5.37. The molecule has 0 aromatic carbocycles. The Labute approximate surface area is 120 Å². The molecule has 0 atom stereocenters. The maximum atomic E-state index is 12.2. The van der Waals surface area contributed by atoms with Crippen LogP contribution in [0, 0.1) is 13.8 Å². The highest BCUT2D eigenvalue weighted by Crippen LogP contribution is 2.10. The summed E-state index contributed by atoms with van der Waals surface area (Å²) >= 11 is 0. The van der Waals surface area contributed by atoms with Crippen molar-refractivity contribution in [1.29, 1.82) is 0 Å². The third-order valence-corrected chi connectivity index (χ3v) is 3.87. The van der Waals surface area contributed by atoms with Crippen LogP contribution in [0.5, 0.6) is 0 Å². The number of carbonyl (C=O) groups is 1. The van der Waals surface area contributed by atoms with Gasteiger partial charge in [-0.25, -0.2) is 0 Å². The molecule has 0 aliphatic carbocycles. The Kier molecular flexibility index (Phi) is 5.14. The minimum Gasteiger partial charge on any atom is -0.379 e. The second kappa shape index (κ2) is 6.85. The van der Waals surface area contributed by atoms with Crippen LogP contribution < -0.4 is 0 Å². The smallest absolute Gasteiger partial charge is 0.236 e. The second-order valence-corrected chi connectivity index (χ2v) is 5.37. The van der Waals surface area contributed by atoms with Gasteiger partial charge in [-0.1, -0.05) is 0 Å². The number of carbonyl (C=O) groups excluding carboxylic acids is 1. The van der Waals surface area contributed by atoms with Gasteiger partial charge in [-0.2, -0.15) is 5.10 Å². The number of H-pyrrole nitrogens is 1. The summed E-state index contributed by atoms with van der Waals surface area (Å²) in [4.78, 5) is 16.1. The first-order valence-corrected chi connectivity index (χ1v) is 7.12. The largest absolute Gasteiger partial charge is 0.379 e. The predicted octanol–water partition coefficient (Wildman–Crippen LogP) is 0.360. The van der Waals surface area contributed by atoms with E-state index in [-0.39, 0.29) is 5.91 Å². The van der Waals surface area contributed by atoms with Crippen LogP contribution in [0.15, 0.2) is 0 Å². The number of amides is 1. The minimum atomic E-state index is 0.172. The van der Waals surface area contributed by atoms with Gasteiger partial charge in [0, 0.05) is 32.4 Å². The molecule has 0 unspecified atom stereocenters. The van der Waals surface area contributed by atoms with Crippen LogP contribution in [0.3, 0.4) is 0 Å². The number of aryl methyl sites for hydroxylation is 2. The Bertz CT molecular complexity index is 433. The first-order chi connectivity index (χ1) is 9.58. The van der Waals surface area contributed by atoms with E-state index in [0.29, 0.717) is 6.54 Å². The van der Waals surface area contributed by atoms with E-state index in [1.165, 1.54) is 5.56 Å². The molecule has 6 nitrogen and oxygen atoms in total. The van der Waals surface area contributed by atoms with Crippen molar-refractivity contribution in [2.75, 3.05) is 46.4 Å². The summed E-state index contributed by atoms with van der Waals surface area (Å²) in [5, 5.41) is 7.16. The molecule has 6 heteroatoms. The van der Waals surface area contributed by atoms with Gasteiger partial charge in [0.25, 0.3) is 0 Å². The normalized spacial score (nSPS) is 16.4. The maximum absolute atomic E-state index is 12.2. The van der Waals surface area contributed by atoms with Crippen LogP contribution >= 0.6 is 0 Å². The average Bonchev–Trinajstić information content (AvgIpc) is 2.76. The molecule has 1 fully saturated rings. The Morgan fingerprint density at radius 1 is 1.40 bits per heavy atom. The van der Waals surface area contributed by atoms with E-state index in [1.54, 1.807) is 4.90 Å². The molecular weight excluding hydrogens is 256 g/mol. The fourth-order valence-electron chi connectivity index (χ4n) is 2.42. The maximum Gasteiger partial charge on any atom is 0.236 e. The summed E-state index contributed by atoms with van der Waals surface area (Å²) in [7, 11) is 1.87. The molecule has 0 spiro atoms. The molecule has 0 bridgehead atoms. The quantitative estimate of drug-likeness (QED) is 0.846. The highest BCUT2D eigenvalue weighted by Gasteiger charge is 2.17. The summed E-state index contributed by atoms with van der Waals surface area (Å²) in [5.41, 5.74) is 3.34. The van der Waals surface area contributed by atoms with Crippen molar-refractivity contribution in [3.05, 3.63) is 17.0 Å². The van der Waals surface area contributed by atoms with Crippen molar-refractivity contribution in [2.45, 2.75) is 20.3 Å². The van der Waals surface area contributed by atoms with E-state index < -0.39 is 0 Å². The van der Waals surface area contributed by atoms with Crippen LogP contribution in [0.25, 0.3) is 0 Å².